The molecule has 0 aliphatic heterocycles. The van der Waals surface area contributed by atoms with E-state index in [2.05, 4.69) is 41.3 Å². The number of nitrogens with one attached hydrogen (secondary N) is 1. The van der Waals surface area contributed by atoms with E-state index in [0.29, 0.717) is 16.4 Å². The summed E-state index contributed by atoms with van der Waals surface area (Å²) >= 11 is 1.49. The van der Waals surface area contributed by atoms with Gasteiger partial charge in [-0.05, 0) is 68.3 Å². The fraction of sp³-hybridized carbons (Fsp3) is 0.150. The van der Waals surface area contributed by atoms with E-state index in [1.807, 2.05) is 25.1 Å². The minimum absolute atomic E-state index is 0.211. The molecule has 2 aromatic heterocycles. The number of aromatic nitrogens is 2. The van der Waals surface area contributed by atoms with Gasteiger partial charge >= 0.3 is 0 Å². The highest BCUT2D eigenvalue weighted by atomic mass is 32.2. The highest BCUT2D eigenvalue weighted by Crippen LogP contribution is 2.30. The summed E-state index contributed by atoms with van der Waals surface area (Å²) in [6.07, 6.45) is 1.70. The molecule has 0 spiro atoms. The standard InChI is InChI=1S/C20H19N3OS/c1-13-9-10-16(12-14(13)2)25-20-17(7-5-11-21-20)19(24)23-18-8-4-6-15(3)22-18/h4-12H,1-3H3,(H,22,23,24). The van der Waals surface area contributed by atoms with Crippen LogP contribution in [0.3, 0.4) is 0 Å². The monoisotopic (exact) mass is 349 g/mol. The van der Waals surface area contributed by atoms with E-state index in [9.17, 15) is 4.79 Å². The van der Waals surface area contributed by atoms with E-state index >= 15 is 0 Å². The number of nitrogens with zero attached hydrogens (tertiary/aromatic N) is 2. The second kappa shape index (κ2) is 7.49. The summed E-state index contributed by atoms with van der Waals surface area (Å²) in [6, 6.07) is 15.3. The van der Waals surface area contributed by atoms with Crippen LogP contribution in [-0.4, -0.2) is 15.9 Å². The second-order valence-electron chi connectivity index (χ2n) is 5.82. The largest absolute Gasteiger partial charge is 0.306 e. The molecule has 0 fully saturated rings. The fourth-order valence-electron chi connectivity index (χ4n) is 2.33. The number of carbonyl (C=O) groups is 1. The summed E-state index contributed by atoms with van der Waals surface area (Å²) in [4.78, 5) is 22.4. The average molecular weight is 349 g/mol. The average Bonchev–Trinajstić information content (AvgIpc) is 2.58. The van der Waals surface area contributed by atoms with Gasteiger partial charge in [-0.25, -0.2) is 9.97 Å². The Balaban J connectivity index is 1.85. The zero-order valence-electron chi connectivity index (χ0n) is 14.4. The number of rotatable bonds is 4. The van der Waals surface area contributed by atoms with E-state index in [1.54, 1.807) is 24.4 Å². The number of aryl methyl sites for hydroxylation is 3. The first kappa shape index (κ1) is 17.2. The Labute approximate surface area is 151 Å². The van der Waals surface area contributed by atoms with E-state index in [4.69, 9.17) is 0 Å². The quantitative estimate of drug-likeness (QED) is 0.735. The van der Waals surface area contributed by atoms with Gasteiger partial charge in [0.25, 0.3) is 5.91 Å². The molecule has 0 aliphatic rings. The van der Waals surface area contributed by atoms with Gasteiger partial charge in [-0.1, -0.05) is 23.9 Å². The van der Waals surface area contributed by atoms with Gasteiger partial charge in [0.1, 0.15) is 10.8 Å². The topological polar surface area (TPSA) is 54.9 Å². The highest BCUT2D eigenvalue weighted by Gasteiger charge is 2.14. The van der Waals surface area contributed by atoms with Crippen LogP contribution in [0.1, 0.15) is 27.2 Å². The molecular weight excluding hydrogens is 330 g/mol. The number of amides is 1. The van der Waals surface area contributed by atoms with Gasteiger partial charge < -0.3 is 5.32 Å². The molecule has 0 saturated heterocycles. The minimum Gasteiger partial charge on any atom is -0.306 e. The molecule has 1 N–H and O–H groups in total. The van der Waals surface area contributed by atoms with Gasteiger partial charge in [-0.3, -0.25) is 4.79 Å². The maximum absolute atomic E-state index is 12.7. The molecule has 0 saturated carbocycles. The molecular formula is C20H19N3OS. The molecule has 5 heteroatoms. The van der Waals surface area contributed by atoms with E-state index in [0.717, 1.165) is 10.6 Å². The van der Waals surface area contributed by atoms with E-state index in [-0.39, 0.29) is 5.91 Å². The Bertz CT molecular complexity index is 924. The summed E-state index contributed by atoms with van der Waals surface area (Å²) in [6.45, 7) is 6.05. The van der Waals surface area contributed by atoms with Crippen molar-refractivity contribution in [2.24, 2.45) is 0 Å². The van der Waals surface area contributed by atoms with Gasteiger partial charge in [0.2, 0.25) is 0 Å². The molecule has 0 aliphatic carbocycles. The maximum Gasteiger partial charge on any atom is 0.259 e. The Morgan fingerprint density at radius 3 is 2.60 bits per heavy atom. The first-order valence-corrected chi connectivity index (χ1v) is 8.80. The summed E-state index contributed by atoms with van der Waals surface area (Å²) in [5.74, 6) is 0.327. The van der Waals surface area contributed by atoms with Gasteiger partial charge in [-0.15, -0.1) is 0 Å². The van der Waals surface area contributed by atoms with Crippen molar-refractivity contribution in [3.8, 4) is 0 Å². The van der Waals surface area contributed by atoms with Crippen molar-refractivity contribution < 1.29 is 4.79 Å². The molecule has 0 bridgehead atoms. The molecule has 126 valence electrons. The molecule has 2 heterocycles. The van der Waals surface area contributed by atoms with Crippen LogP contribution in [0, 0.1) is 20.8 Å². The van der Waals surface area contributed by atoms with E-state index < -0.39 is 0 Å². The van der Waals surface area contributed by atoms with Gasteiger partial charge in [0.15, 0.2) is 0 Å². The third-order valence-corrected chi connectivity index (χ3v) is 4.85. The Kier molecular flexibility index (Phi) is 5.14. The van der Waals surface area contributed by atoms with Crippen molar-refractivity contribution in [1.29, 1.82) is 0 Å². The van der Waals surface area contributed by atoms with Crippen LogP contribution in [0.5, 0.6) is 0 Å². The first-order chi connectivity index (χ1) is 12.0. The second-order valence-corrected chi connectivity index (χ2v) is 6.88. The van der Waals surface area contributed by atoms with Crippen molar-refractivity contribution in [3.63, 3.8) is 0 Å². The van der Waals surface area contributed by atoms with Crippen LogP contribution in [0.2, 0.25) is 0 Å². The number of pyridine rings is 2. The summed E-state index contributed by atoms with van der Waals surface area (Å²) in [5.41, 5.74) is 3.85. The van der Waals surface area contributed by atoms with E-state index in [1.165, 1.54) is 22.9 Å². The van der Waals surface area contributed by atoms with Gasteiger partial charge in [-0.2, -0.15) is 0 Å². The van der Waals surface area contributed by atoms with Crippen molar-refractivity contribution in [2.45, 2.75) is 30.7 Å². The van der Waals surface area contributed by atoms with Crippen LogP contribution in [0.4, 0.5) is 5.82 Å². The fourth-order valence-corrected chi connectivity index (χ4v) is 3.31. The molecule has 4 nitrogen and oxygen atoms in total. The van der Waals surface area contributed by atoms with Crippen LogP contribution < -0.4 is 5.32 Å². The lowest BCUT2D eigenvalue weighted by atomic mass is 10.1. The Morgan fingerprint density at radius 2 is 1.84 bits per heavy atom. The number of carbonyl (C=O) groups excluding carboxylic acids is 1. The Hall–Kier alpha value is -2.66. The summed E-state index contributed by atoms with van der Waals surface area (Å²) < 4.78 is 0. The van der Waals surface area contributed by atoms with Crippen molar-refractivity contribution >= 4 is 23.5 Å². The molecule has 1 amide bonds. The molecule has 0 unspecified atom stereocenters. The summed E-state index contributed by atoms with van der Waals surface area (Å²) in [7, 11) is 0. The summed E-state index contributed by atoms with van der Waals surface area (Å²) in [5, 5.41) is 3.52. The van der Waals surface area contributed by atoms with Crippen LogP contribution >= 0.6 is 11.8 Å². The van der Waals surface area contributed by atoms with Crippen molar-refractivity contribution in [1.82, 2.24) is 9.97 Å². The van der Waals surface area contributed by atoms with Crippen molar-refractivity contribution in [3.05, 3.63) is 77.1 Å². The van der Waals surface area contributed by atoms with Gasteiger partial charge in [0.05, 0.1) is 5.56 Å². The minimum atomic E-state index is -0.211. The molecule has 0 atom stereocenters. The smallest absolute Gasteiger partial charge is 0.259 e. The third kappa shape index (κ3) is 4.25. The van der Waals surface area contributed by atoms with Crippen molar-refractivity contribution in [2.75, 3.05) is 5.32 Å². The third-order valence-electron chi connectivity index (χ3n) is 3.84. The lowest BCUT2D eigenvalue weighted by Gasteiger charge is -2.10. The Morgan fingerprint density at radius 1 is 1.00 bits per heavy atom. The number of hydrogen-bond acceptors (Lipinski definition) is 4. The number of hydrogen-bond donors (Lipinski definition) is 1. The lowest BCUT2D eigenvalue weighted by molar-refractivity contribution is 0.102. The number of anilines is 1. The first-order valence-electron chi connectivity index (χ1n) is 7.98. The predicted octanol–water partition coefficient (Wildman–Crippen LogP) is 4.81. The molecule has 0 radical (unpaired) electrons. The molecule has 1 aromatic carbocycles. The van der Waals surface area contributed by atoms with Gasteiger partial charge in [0, 0.05) is 16.8 Å². The highest BCUT2D eigenvalue weighted by molar-refractivity contribution is 7.99. The maximum atomic E-state index is 12.7. The van der Waals surface area contributed by atoms with Crippen LogP contribution in [0.15, 0.2) is 64.6 Å². The molecule has 3 aromatic rings. The molecule has 3 rings (SSSR count). The molecule has 25 heavy (non-hydrogen) atoms. The SMILES string of the molecule is Cc1cccc(NC(=O)c2cccnc2Sc2ccc(C)c(C)c2)n1. The predicted molar refractivity (Wildman–Crippen MR) is 101 cm³/mol. The normalized spacial score (nSPS) is 10.5. The van der Waals surface area contributed by atoms with Crippen LogP contribution in [0.25, 0.3) is 0 Å². The zero-order chi connectivity index (χ0) is 17.8. The lowest BCUT2D eigenvalue weighted by Crippen LogP contribution is -2.14. The zero-order valence-corrected chi connectivity index (χ0v) is 15.2. The van der Waals surface area contributed by atoms with Crippen LogP contribution in [-0.2, 0) is 0 Å². The number of benzene rings is 1.